The van der Waals surface area contributed by atoms with Gasteiger partial charge in [-0.15, -0.1) is 0 Å². The molecule has 2 saturated heterocycles. The van der Waals surface area contributed by atoms with Crippen LogP contribution in [0, 0.1) is 11.8 Å². The van der Waals surface area contributed by atoms with Crippen molar-refractivity contribution in [3.8, 4) is 0 Å². The number of hydrogen-bond donors (Lipinski definition) is 0. The zero-order chi connectivity index (χ0) is 22.6. The second-order valence-electron chi connectivity index (χ2n) is 9.36. The van der Waals surface area contributed by atoms with Gasteiger partial charge in [0.15, 0.2) is 18.2 Å². The zero-order valence-electron chi connectivity index (χ0n) is 19.5. The van der Waals surface area contributed by atoms with Crippen LogP contribution in [0.25, 0.3) is 0 Å². The quantitative estimate of drug-likeness (QED) is 0.585. The summed E-state index contributed by atoms with van der Waals surface area (Å²) in [5, 5.41) is 0. The van der Waals surface area contributed by atoms with E-state index in [1.165, 1.54) is 0 Å². The van der Waals surface area contributed by atoms with Crippen molar-refractivity contribution >= 4 is 5.78 Å². The average Bonchev–Trinajstić information content (AvgIpc) is 2.73. The number of carbonyl (C=O) groups is 1. The molecule has 0 amide bonds. The third kappa shape index (κ3) is 5.72. The number of benzene rings is 1. The molecule has 0 radical (unpaired) electrons. The second kappa shape index (κ2) is 10.1. The van der Waals surface area contributed by atoms with Crippen LogP contribution in [0.15, 0.2) is 30.3 Å². The highest BCUT2D eigenvalue weighted by Crippen LogP contribution is 2.43. The third-order valence-corrected chi connectivity index (χ3v) is 5.45. The molecule has 2 heterocycles. The Morgan fingerprint density at radius 3 is 2.13 bits per heavy atom. The van der Waals surface area contributed by atoms with Gasteiger partial charge in [-0.05, 0) is 31.2 Å². The fourth-order valence-electron chi connectivity index (χ4n) is 3.51. The molecule has 0 aromatic heterocycles. The van der Waals surface area contributed by atoms with Gasteiger partial charge < -0.3 is 28.4 Å². The second-order valence-corrected chi connectivity index (χ2v) is 9.36. The van der Waals surface area contributed by atoms with E-state index in [2.05, 4.69) is 27.7 Å². The fourth-order valence-corrected chi connectivity index (χ4v) is 3.51. The van der Waals surface area contributed by atoms with Crippen molar-refractivity contribution in [1.29, 1.82) is 0 Å². The minimum Gasteiger partial charge on any atom is -0.345 e. The van der Waals surface area contributed by atoms with Gasteiger partial charge in [-0.1, -0.05) is 58.0 Å². The summed E-state index contributed by atoms with van der Waals surface area (Å²) in [6, 6.07) is 9.78. The van der Waals surface area contributed by atoms with Crippen LogP contribution >= 0.6 is 0 Å². The standard InChI is InChI=1S/C24H36O7/c1-16(2)12-28-23(5)24(6,29-13-17(3)4)31-21-20(30-23)19(25)15-27-22(21)26-14-18-10-8-7-9-11-18/h7-11,16-17,20-22H,12-15H2,1-6H3/t20-,21+,22-,23+,24+/m0/s1. The largest absolute Gasteiger partial charge is 0.345 e. The average molecular weight is 437 g/mol. The maximum atomic E-state index is 12.7. The summed E-state index contributed by atoms with van der Waals surface area (Å²) in [7, 11) is 0. The number of fused-ring (bicyclic) bond motifs is 1. The van der Waals surface area contributed by atoms with Crippen molar-refractivity contribution in [3.05, 3.63) is 35.9 Å². The molecule has 0 spiro atoms. The third-order valence-electron chi connectivity index (χ3n) is 5.45. The zero-order valence-corrected chi connectivity index (χ0v) is 19.5. The van der Waals surface area contributed by atoms with E-state index in [4.69, 9.17) is 28.4 Å². The van der Waals surface area contributed by atoms with Crippen LogP contribution in [0.1, 0.15) is 47.1 Å². The molecule has 1 aromatic carbocycles. The summed E-state index contributed by atoms with van der Waals surface area (Å²) < 4.78 is 36.7. The molecule has 174 valence electrons. The first-order chi connectivity index (χ1) is 14.6. The predicted octanol–water partition coefficient (Wildman–Crippen LogP) is 3.69. The molecule has 0 unspecified atom stereocenters. The van der Waals surface area contributed by atoms with Crippen LogP contribution in [-0.4, -0.2) is 55.7 Å². The summed E-state index contributed by atoms with van der Waals surface area (Å²) in [6.07, 6.45) is -2.39. The number of ketones is 1. The molecule has 5 atom stereocenters. The molecule has 2 fully saturated rings. The van der Waals surface area contributed by atoms with Gasteiger partial charge in [-0.2, -0.15) is 0 Å². The van der Waals surface area contributed by atoms with E-state index >= 15 is 0 Å². The van der Waals surface area contributed by atoms with Crippen molar-refractivity contribution < 1.29 is 33.2 Å². The van der Waals surface area contributed by atoms with Crippen molar-refractivity contribution in [2.45, 2.75) is 78.2 Å². The monoisotopic (exact) mass is 436 g/mol. The molecule has 31 heavy (non-hydrogen) atoms. The van der Waals surface area contributed by atoms with Crippen molar-refractivity contribution in [2.75, 3.05) is 19.8 Å². The van der Waals surface area contributed by atoms with Crippen molar-refractivity contribution in [1.82, 2.24) is 0 Å². The van der Waals surface area contributed by atoms with E-state index < -0.39 is 30.1 Å². The topological polar surface area (TPSA) is 72.5 Å². The van der Waals surface area contributed by atoms with Crippen molar-refractivity contribution in [3.63, 3.8) is 0 Å². The molecule has 0 saturated carbocycles. The number of hydrogen-bond acceptors (Lipinski definition) is 7. The van der Waals surface area contributed by atoms with Gasteiger partial charge in [0.1, 0.15) is 12.7 Å². The van der Waals surface area contributed by atoms with E-state index in [-0.39, 0.29) is 24.2 Å². The van der Waals surface area contributed by atoms with E-state index in [9.17, 15) is 4.79 Å². The van der Waals surface area contributed by atoms with Crippen LogP contribution in [0.3, 0.4) is 0 Å². The molecule has 1 aromatic rings. The fraction of sp³-hybridized carbons (Fsp3) is 0.708. The lowest BCUT2D eigenvalue weighted by atomic mass is 9.98. The molecule has 0 bridgehead atoms. The highest BCUT2D eigenvalue weighted by Gasteiger charge is 2.62. The first-order valence-corrected chi connectivity index (χ1v) is 11.1. The Morgan fingerprint density at radius 1 is 0.968 bits per heavy atom. The Kier molecular flexibility index (Phi) is 7.89. The number of rotatable bonds is 9. The minimum atomic E-state index is -1.26. The first kappa shape index (κ1) is 24.3. The molecule has 7 heteroatoms. The highest BCUT2D eigenvalue weighted by molar-refractivity contribution is 5.85. The molecule has 0 aliphatic carbocycles. The van der Waals surface area contributed by atoms with Gasteiger partial charge in [-0.3, -0.25) is 4.79 Å². The lowest BCUT2D eigenvalue weighted by Gasteiger charge is -2.54. The number of Topliss-reactive ketones (excluding diaryl/α,β-unsaturated/α-hetero) is 1. The Labute approximate surface area is 185 Å². The van der Waals surface area contributed by atoms with Crippen LogP contribution in [-0.2, 0) is 39.8 Å². The predicted molar refractivity (Wildman–Crippen MR) is 114 cm³/mol. The van der Waals surface area contributed by atoms with E-state index in [1.807, 2.05) is 30.3 Å². The lowest BCUT2D eigenvalue weighted by Crippen LogP contribution is -2.71. The van der Waals surface area contributed by atoms with Crippen molar-refractivity contribution in [2.24, 2.45) is 11.8 Å². The summed E-state index contributed by atoms with van der Waals surface area (Å²) in [4.78, 5) is 12.7. The van der Waals surface area contributed by atoms with Crippen LogP contribution in [0.4, 0.5) is 0 Å². The maximum Gasteiger partial charge on any atom is 0.221 e. The van der Waals surface area contributed by atoms with Crippen LogP contribution in [0.2, 0.25) is 0 Å². The summed E-state index contributed by atoms with van der Waals surface area (Å²) in [6.45, 7) is 12.9. The molecular weight excluding hydrogens is 400 g/mol. The highest BCUT2D eigenvalue weighted by atomic mass is 16.8. The van der Waals surface area contributed by atoms with Crippen LogP contribution < -0.4 is 0 Å². The Bertz CT molecular complexity index is 722. The normalized spacial score (nSPS) is 33.7. The van der Waals surface area contributed by atoms with Gasteiger partial charge in [0.2, 0.25) is 11.6 Å². The maximum absolute atomic E-state index is 12.7. The molecule has 0 N–H and O–H groups in total. The smallest absolute Gasteiger partial charge is 0.221 e. The van der Waals surface area contributed by atoms with Gasteiger partial charge in [0, 0.05) is 0 Å². The Balaban J connectivity index is 1.81. The van der Waals surface area contributed by atoms with E-state index in [0.717, 1.165) is 5.56 Å². The van der Waals surface area contributed by atoms with Gasteiger partial charge in [0.25, 0.3) is 0 Å². The minimum absolute atomic E-state index is 0.103. The molecule has 2 aliphatic rings. The van der Waals surface area contributed by atoms with Gasteiger partial charge >= 0.3 is 0 Å². The van der Waals surface area contributed by atoms with Crippen LogP contribution in [0.5, 0.6) is 0 Å². The van der Waals surface area contributed by atoms with E-state index in [0.29, 0.717) is 19.8 Å². The molecular formula is C24H36O7. The SMILES string of the molecule is CC(C)CO[C@]1(C)O[C@H]2[C@@H](OCc3ccccc3)OCC(=O)[C@@H]2O[C@@]1(C)OCC(C)C. The molecule has 2 aliphatic heterocycles. The molecule has 3 rings (SSSR count). The summed E-state index contributed by atoms with van der Waals surface area (Å²) in [5.41, 5.74) is 1.00. The number of carbonyl (C=O) groups excluding carboxylic acids is 1. The summed E-state index contributed by atoms with van der Waals surface area (Å²) >= 11 is 0. The van der Waals surface area contributed by atoms with Gasteiger partial charge in [0.05, 0.1) is 19.8 Å². The van der Waals surface area contributed by atoms with E-state index in [1.54, 1.807) is 13.8 Å². The summed E-state index contributed by atoms with van der Waals surface area (Å²) in [5.74, 6) is -2.15. The lowest BCUT2D eigenvalue weighted by molar-refractivity contribution is -0.471. The Hall–Kier alpha value is -1.35. The van der Waals surface area contributed by atoms with Gasteiger partial charge in [-0.25, -0.2) is 0 Å². The number of ether oxygens (including phenoxy) is 6. The first-order valence-electron chi connectivity index (χ1n) is 11.1. The Morgan fingerprint density at radius 2 is 1.55 bits per heavy atom. The molecule has 7 nitrogen and oxygen atoms in total.